The molecule has 5 heteroatoms. The lowest BCUT2D eigenvalue weighted by Crippen LogP contribution is -2.37. The van der Waals surface area contributed by atoms with Gasteiger partial charge in [-0.05, 0) is 6.42 Å². The Morgan fingerprint density at radius 3 is 2.57 bits per heavy atom. The molecule has 0 unspecified atom stereocenters. The number of nitrogens with one attached hydrogen (secondary N) is 2. The van der Waals surface area contributed by atoms with Gasteiger partial charge >= 0.3 is 0 Å². The molecule has 1 heterocycles. The van der Waals surface area contributed by atoms with Crippen molar-refractivity contribution in [1.82, 2.24) is 15.6 Å². The lowest BCUT2D eigenvalue weighted by atomic mass is 9.93. The lowest BCUT2D eigenvalue weighted by Gasteiger charge is -2.14. The van der Waals surface area contributed by atoms with E-state index in [1.54, 1.807) is 11.3 Å². The second-order valence-corrected chi connectivity index (χ2v) is 7.23. The van der Waals surface area contributed by atoms with Gasteiger partial charge in [0, 0.05) is 24.4 Å². The first kappa shape index (κ1) is 18.0. The molecule has 0 aliphatic rings. The zero-order valence-corrected chi connectivity index (χ0v) is 14.9. The number of thiazole rings is 1. The molecule has 120 valence electrons. The van der Waals surface area contributed by atoms with Gasteiger partial charge < -0.3 is 10.6 Å². The van der Waals surface area contributed by atoms with Gasteiger partial charge in [-0.3, -0.25) is 4.99 Å². The van der Waals surface area contributed by atoms with Crippen molar-refractivity contribution in [2.75, 3.05) is 13.6 Å². The highest BCUT2D eigenvalue weighted by Gasteiger charge is 2.17. The number of aromatic nitrogens is 1. The van der Waals surface area contributed by atoms with Crippen molar-refractivity contribution < 1.29 is 0 Å². The molecule has 0 bridgehead atoms. The van der Waals surface area contributed by atoms with Gasteiger partial charge in [0.1, 0.15) is 5.01 Å². The molecule has 1 aromatic rings. The van der Waals surface area contributed by atoms with Crippen LogP contribution < -0.4 is 10.6 Å². The molecular weight excluding hydrogens is 280 g/mol. The molecule has 0 amide bonds. The highest BCUT2D eigenvalue weighted by atomic mass is 32.1. The van der Waals surface area contributed by atoms with Crippen molar-refractivity contribution in [1.29, 1.82) is 0 Å². The molecule has 21 heavy (non-hydrogen) atoms. The Bertz CT molecular complexity index is 432. The van der Waals surface area contributed by atoms with Crippen molar-refractivity contribution in [2.45, 2.75) is 65.3 Å². The van der Waals surface area contributed by atoms with Crippen LogP contribution in [0.15, 0.2) is 10.4 Å². The fourth-order valence-corrected chi connectivity index (χ4v) is 2.84. The van der Waals surface area contributed by atoms with E-state index in [4.69, 9.17) is 0 Å². The van der Waals surface area contributed by atoms with Gasteiger partial charge in [-0.25, -0.2) is 4.98 Å². The average Bonchev–Trinajstić information content (AvgIpc) is 2.91. The maximum atomic E-state index is 4.68. The third-order valence-electron chi connectivity index (χ3n) is 3.27. The van der Waals surface area contributed by atoms with Gasteiger partial charge in [0.25, 0.3) is 0 Å². The van der Waals surface area contributed by atoms with Gasteiger partial charge in [0.2, 0.25) is 0 Å². The van der Waals surface area contributed by atoms with Crippen LogP contribution >= 0.6 is 11.3 Å². The van der Waals surface area contributed by atoms with E-state index in [1.165, 1.54) is 25.7 Å². The summed E-state index contributed by atoms with van der Waals surface area (Å²) in [5.41, 5.74) is 1.28. The summed E-state index contributed by atoms with van der Waals surface area (Å²) < 4.78 is 0. The monoisotopic (exact) mass is 310 g/mol. The summed E-state index contributed by atoms with van der Waals surface area (Å²) in [6, 6.07) is 0. The van der Waals surface area contributed by atoms with Crippen molar-refractivity contribution in [2.24, 2.45) is 4.99 Å². The molecule has 0 radical (unpaired) electrons. The van der Waals surface area contributed by atoms with Gasteiger partial charge in [-0.1, -0.05) is 47.0 Å². The first-order valence-electron chi connectivity index (χ1n) is 7.86. The summed E-state index contributed by atoms with van der Waals surface area (Å²) in [5.74, 6) is 0.860. The van der Waals surface area contributed by atoms with Crippen LogP contribution in [-0.4, -0.2) is 24.5 Å². The highest BCUT2D eigenvalue weighted by Crippen LogP contribution is 2.23. The Morgan fingerprint density at radius 2 is 2.00 bits per heavy atom. The fraction of sp³-hybridized carbons (Fsp3) is 0.750. The van der Waals surface area contributed by atoms with E-state index in [2.05, 4.69) is 53.7 Å². The normalized spacial score (nSPS) is 12.5. The van der Waals surface area contributed by atoms with Crippen LogP contribution in [0.1, 0.15) is 64.1 Å². The Balaban J connectivity index is 2.33. The summed E-state index contributed by atoms with van der Waals surface area (Å²) in [6.07, 6.45) is 5.05. The van der Waals surface area contributed by atoms with Gasteiger partial charge in [0.05, 0.1) is 12.2 Å². The Kier molecular flexibility index (Phi) is 7.72. The first-order valence-corrected chi connectivity index (χ1v) is 8.74. The summed E-state index contributed by atoms with van der Waals surface area (Å²) >= 11 is 1.71. The third-order valence-corrected chi connectivity index (χ3v) is 4.12. The molecule has 0 atom stereocenters. The summed E-state index contributed by atoms with van der Waals surface area (Å²) in [4.78, 5) is 8.93. The number of hydrogen-bond acceptors (Lipinski definition) is 3. The second kappa shape index (κ2) is 9.03. The van der Waals surface area contributed by atoms with E-state index in [0.717, 1.165) is 29.8 Å². The van der Waals surface area contributed by atoms with Crippen molar-refractivity contribution >= 4 is 17.3 Å². The predicted octanol–water partition coefficient (Wildman–Crippen LogP) is 3.69. The van der Waals surface area contributed by atoms with E-state index in [0.29, 0.717) is 0 Å². The first-order chi connectivity index (χ1) is 9.97. The Hall–Kier alpha value is -1.10. The highest BCUT2D eigenvalue weighted by molar-refractivity contribution is 7.09. The van der Waals surface area contributed by atoms with Gasteiger partial charge in [-0.15, -0.1) is 11.3 Å². The molecule has 0 aromatic carbocycles. The molecule has 0 aliphatic carbocycles. The van der Waals surface area contributed by atoms with E-state index in [9.17, 15) is 0 Å². The van der Waals surface area contributed by atoms with Crippen LogP contribution in [0.2, 0.25) is 0 Å². The molecule has 1 aromatic heterocycles. The summed E-state index contributed by atoms with van der Waals surface area (Å²) in [5, 5.41) is 9.94. The SMILES string of the molecule is CCCCCCNC(=NC)NCc1nc(C(C)(C)C)cs1. The van der Waals surface area contributed by atoms with Crippen molar-refractivity contribution in [3.8, 4) is 0 Å². The summed E-state index contributed by atoms with van der Waals surface area (Å²) in [7, 11) is 1.81. The zero-order valence-electron chi connectivity index (χ0n) is 14.1. The van der Waals surface area contributed by atoms with Crippen LogP contribution in [0.5, 0.6) is 0 Å². The molecular formula is C16H30N4S. The maximum Gasteiger partial charge on any atom is 0.191 e. The number of hydrogen-bond donors (Lipinski definition) is 2. The van der Waals surface area contributed by atoms with E-state index >= 15 is 0 Å². The molecule has 0 aliphatic heterocycles. The maximum absolute atomic E-state index is 4.68. The molecule has 0 spiro atoms. The van der Waals surface area contributed by atoms with Crippen LogP contribution in [0.3, 0.4) is 0 Å². The minimum Gasteiger partial charge on any atom is -0.356 e. The van der Waals surface area contributed by atoms with E-state index < -0.39 is 0 Å². The zero-order chi connectivity index (χ0) is 15.7. The van der Waals surface area contributed by atoms with Crippen LogP contribution in [0, 0.1) is 0 Å². The molecule has 2 N–H and O–H groups in total. The molecule has 4 nitrogen and oxygen atoms in total. The second-order valence-electron chi connectivity index (χ2n) is 6.29. The van der Waals surface area contributed by atoms with Crippen molar-refractivity contribution in [3.05, 3.63) is 16.1 Å². The third kappa shape index (κ3) is 6.93. The van der Waals surface area contributed by atoms with Gasteiger partial charge in [-0.2, -0.15) is 0 Å². The van der Waals surface area contributed by atoms with Crippen LogP contribution in [0.25, 0.3) is 0 Å². The quantitative estimate of drug-likeness (QED) is 0.459. The number of rotatable bonds is 7. The largest absolute Gasteiger partial charge is 0.356 e. The molecule has 0 saturated heterocycles. The summed E-state index contributed by atoms with van der Waals surface area (Å²) in [6.45, 7) is 10.5. The number of unbranched alkanes of at least 4 members (excludes halogenated alkanes) is 3. The fourth-order valence-electron chi connectivity index (χ4n) is 1.88. The smallest absolute Gasteiger partial charge is 0.191 e. The predicted molar refractivity (Wildman–Crippen MR) is 93.2 cm³/mol. The average molecular weight is 311 g/mol. The Labute approximate surface area is 133 Å². The van der Waals surface area contributed by atoms with Crippen LogP contribution in [0.4, 0.5) is 0 Å². The van der Waals surface area contributed by atoms with Crippen LogP contribution in [-0.2, 0) is 12.0 Å². The standard InChI is InChI=1S/C16H30N4S/c1-6-7-8-9-10-18-15(17-5)19-11-14-20-13(12-21-14)16(2,3)4/h12H,6-11H2,1-5H3,(H2,17,18,19). The minimum absolute atomic E-state index is 0.119. The molecule has 0 saturated carbocycles. The van der Waals surface area contributed by atoms with E-state index in [1.807, 2.05) is 7.05 Å². The molecule has 0 fully saturated rings. The number of nitrogens with zero attached hydrogens (tertiary/aromatic N) is 2. The number of guanidine groups is 1. The topological polar surface area (TPSA) is 49.3 Å². The number of aliphatic imine (C=N–C) groups is 1. The minimum atomic E-state index is 0.119. The Morgan fingerprint density at radius 1 is 1.24 bits per heavy atom. The lowest BCUT2D eigenvalue weighted by molar-refractivity contribution is 0.570. The van der Waals surface area contributed by atoms with Gasteiger partial charge in [0.15, 0.2) is 5.96 Å². The van der Waals surface area contributed by atoms with E-state index in [-0.39, 0.29) is 5.41 Å². The van der Waals surface area contributed by atoms with Crippen molar-refractivity contribution in [3.63, 3.8) is 0 Å². The molecule has 1 rings (SSSR count).